The number of nitrogens with one attached hydrogen (secondary N) is 1. The van der Waals surface area contributed by atoms with Crippen molar-refractivity contribution < 1.29 is 27.5 Å². The molecular weight excluding hydrogens is 363 g/mol. The normalized spacial score (nSPS) is 12.2. The van der Waals surface area contributed by atoms with E-state index in [1.165, 1.54) is 19.2 Å². The Morgan fingerprint density at radius 1 is 1.32 bits per heavy atom. The van der Waals surface area contributed by atoms with Gasteiger partial charge in [-0.2, -0.15) is 0 Å². The van der Waals surface area contributed by atoms with Crippen molar-refractivity contribution in [1.82, 2.24) is 5.32 Å². The quantitative estimate of drug-likeness (QED) is 0.787. The Balaban J connectivity index is 0.00000576. The number of benzene rings is 1. The Morgan fingerprint density at radius 2 is 1.92 bits per heavy atom. The molecule has 25 heavy (non-hydrogen) atoms. The van der Waals surface area contributed by atoms with E-state index in [4.69, 9.17) is 5.73 Å². The molecular formula is C15H21ClF3N3O3. The van der Waals surface area contributed by atoms with Gasteiger partial charge in [0.25, 0.3) is 0 Å². The SMILES string of the molecule is CC(C)[C@H](N)C(=O)NCC(=O)N(C)c1cccc(OC(F)(F)F)c1.Cl. The van der Waals surface area contributed by atoms with Gasteiger partial charge in [0.05, 0.1) is 12.6 Å². The van der Waals surface area contributed by atoms with Gasteiger partial charge >= 0.3 is 6.36 Å². The fourth-order valence-corrected chi connectivity index (χ4v) is 1.74. The summed E-state index contributed by atoms with van der Waals surface area (Å²) >= 11 is 0. The third-order valence-electron chi connectivity index (χ3n) is 3.25. The lowest BCUT2D eigenvalue weighted by Gasteiger charge is -2.20. The Labute approximate surface area is 149 Å². The van der Waals surface area contributed by atoms with Crippen molar-refractivity contribution in [3.63, 3.8) is 0 Å². The second-order valence-corrected chi connectivity index (χ2v) is 5.49. The fraction of sp³-hybridized carbons (Fsp3) is 0.467. The van der Waals surface area contributed by atoms with E-state index >= 15 is 0 Å². The van der Waals surface area contributed by atoms with Crippen LogP contribution in [0.25, 0.3) is 0 Å². The summed E-state index contributed by atoms with van der Waals surface area (Å²) in [5.41, 5.74) is 5.85. The zero-order chi connectivity index (χ0) is 18.5. The highest BCUT2D eigenvalue weighted by molar-refractivity contribution is 5.96. The number of likely N-dealkylation sites (N-methyl/N-ethyl adjacent to an activating group) is 1. The molecule has 3 N–H and O–H groups in total. The zero-order valence-electron chi connectivity index (χ0n) is 14.0. The largest absolute Gasteiger partial charge is 0.573 e. The van der Waals surface area contributed by atoms with Crippen LogP contribution in [0.4, 0.5) is 18.9 Å². The van der Waals surface area contributed by atoms with Gasteiger partial charge in [0.1, 0.15) is 5.75 Å². The Bertz CT molecular complexity index is 597. The molecule has 0 aliphatic heterocycles. The second kappa shape index (κ2) is 9.47. The summed E-state index contributed by atoms with van der Waals surface area (Å²) in [6, 6.07) is 4.23. The molecule has 2 amide bonds. The van der Waals surface area contributed by atoms with E-state index in [0.29, 0.717) is 0 Å². The van der Waals surface area contributed by atoms with Gasteiger partial charge in [-0.3, -0.25) is 9.59 Å². The van der Waals surface area contributed by atoms with E-state index in [2.05, 4.69) is 10.1 Å². The number of alkyl halides is 3. The molecule has 0 saturated heterocycles. The molecule has 0 spiro atoms. The van der Waals surface area contributed by atoms with Crippen molar-refractivity contribution in [3.8, 4) is 5.75 Å². The van der Waals surface area contributed by atoms with Crippen LogP contribution in [-0.4, -0.2) is 37.8 Å². The van der Waals surface area contributed by atoms with Crippen molar-refractivity contribution in [3.05, 3.63) is 24.3 Å². The van der Waals surface area contributed by atoms with Gasteiger partial charge in [0.2, 0.25) is 11.8 Å². The van der Waals surface area contributed by atoms with Gasteiger partial charge in [0.15, 0.2) is 0 Å². The maximum absolute atomic E-state index is 12.2. The highest BCUT2D eigenvalue weighted by atomic mass is 35.5. The number of carbonyl (C=O) groups excluding carboxylic acids is 2. The van der Waals surface area contributed by atoms with Crippen LogP contribution in [0.5, 0.6) is 5.75 Å². The van der Waals surface area contributed by atoms with Gasteiger partial charge in [-0.15, -0.1) is 25.6 Å². The van der Waals surface area contributed by atoms with Crippen LogP contribution in [-0.2, 0) is 9.59 Å². The third kappa shape index (κ3) is 7.61. The van der Waals surface area contributed by atoms with E-state index in [1.807, 2.05) is 0 Å². The fourth-order valence-electron chi connectivity index (χ4n) is 1.74. The molecule has 0 saturated carbocycles. The van der Waals surface area contributed by atoms with E-state index in [1.54, 1.807) is 13.8 Å². The van der Waals surface area contributed by atoms with Gasteiger partial charge in [0, 0.05) is 18.8 Å². The molecule has 0 heterocycles. The predicted octanol–water partition coefficient (Wildman–Crippen LogP) is 2.07. The topological polar surface area (TPSA) is 84.7 Å². The molecule has 6 nitrogen and oxygen atoms in total. The first-order valence-corrected chi connectivity index (χ1v) is 7.17. The number of hydrogen-bond donors (Lipinski definition) is 2. The number of anilines is 1. The van der Waals surface area contributed by atoms with Gasteiger partial charge < -0.3 is 20.7 Å². The minimum absolute atomic E-state index is 0. The molecule has 1 aromatic carbocycles. The summed E-state index contributed by atoms with van der Waals surface area (Å²) in [7, 11) is 1.38. The molecule has 142 valence electrons. The zero-order valence-corrected chi connectivity index (χ0v) is 14.8. The number of amides is 2. The van der Waals surface area contributed by atoms with E-state index in [9.17, 15) is 22.8 Å². The minimum Gasteiger partial charge on any atom is -0.406 e. The number of halogens is 4. The maximum Gasteiger partial charge on any atom is 0.573 e. The van der Waals surface area contributed by atoms with Crippen LogP contribution in [0, 0.1) is 5.92 Å². The smallest absolute Gasteiger partial charge is 0.406 e. The highest BCUT2D eigenvalue weighted by Crippen LogP contribution is 2.26. The third-order valence-corrected chi connectivity index (χ3v) is 3.25. The number of nitrogens with zero attached hydrogens (tertiary/aromatic N) is 1. The molecule has 1 rings (SSSR count). The molecule has 0 unspecified atom stereocenters. The monoisotopic (exact) mass is 383 g/mol. The summed E-state index contributed by atoms with van der Waals surface area (Å²) < 4.78 is 40.5. The second-order valence-electron chi connectivity index (χ2n) is 5.49. The van der Waals surface area contributed by atoms with Crippen LogP contribution in [0.3, 0.4) is 0 Å². The number of ether oxygens (including phenoxy) is 1. The average Bonchev–Trinajstić information content (AvgIpc) is 2.49. The average molecular weight is 384 g/mol. The van der Waals surface area contributed by atoms with Crippen molar-refractivity contribution in [2.45, 2.75) is 26.3 Å². The molecule has 1 atom stereocenters. The minimum atomic E-state index is -4.82. The van der Waals surface area contributed by atoms with Crippen molar-refractivity contribution in [1.29, 1.82) is 0 Å². The van der Waals surface area contributed by atoms with Crippen LogP contribution in [0.15, 0.2) is 24.3 Å². The summed E-state index contributed by atoms with van der Waals surface area (Å²) in [5, 5.41) is 2.40. The Morgan fingerprint density at radius 3 is 2.44 bits per heavy atom. The molecule has 0 aromatic heterocycles. The lowest BCUT2D eigenvalue weighted by molar-refractivity contribution is -0.274. The highest BCUT2D eigenvalue weighted by Gasteiger charge is 2.31. The number of rotatable bonds is 6. The van der Waals surface area contributed by atoms with Crippen LogP contribution >= 0.6 is 12.4 Å². The number of hydrogen-bond acceptors (Lipinski definition) is 4. The Kier molecular flexibility index (Phi) is 8.72. The van der Waals surface area contributed by atoms with E-state index in [-0.39, 0.29) is 30.6 Å². The van der Waals surface area contributed by atoms with Crippen molar-refractivity contribution >= 4 is 29.9 Å². The molecule has 0 aliphatic rings. The maximum atomic E-state index is 12.2. The van der Waals surface area contributed by atoms with Crippen LogP contribution in [0.1, 0.15) is 13.8 Å². The first-order valence-electron chi connectivity index (χ1n) is 7.17. The standard InChI is InChI=1S/C15H20F3N3O3.ClH/c1-9(2)13(19)14(23)20-8-12(22)21(3)10-5-4-6-11(7-10)24-15(16,17)18;/h4-7,9,13H,8,19H2,1-3H3,(H,20,23);1H/t13-;/m0./s1. The predicted molar refractivity (Wildman–Crippen MR) is 89.6 cm³/mol. The number of carbonyl (C=O) groups is 2. The molecule has 0 aliphatic carbocycles. The van der Waals surface area contributed by atoms with E-state index < -0.39 is 30.0 Å². The Hall–Kier alpha value is -2.00. The van der Waals surface area contributed by atoms with Crippen molar-refractivity contribution in [2.24, 2.45) is 11.7 Å². The van der Waals surface area contributed by atoms with E-state index in [0.717, 1.165) is 17.0 Å². The summed E-state index contributed by atoms with van der Waals surface area (Å²) in [6.45, 7) is 3.22. The first kappa shape index (κ1) is 23.0. The molecule has 0 bridgehead atoms. The van der Waals surface area contributed by atoms with Gasteiger partial charge in [-0.05, 0) is 18.1 Å². The molecule has 1 aromatic rings. The van der Waals surface area contributed by atoms with Crippen LogP contribution < -0.4 is 20.7 Å². The lowest BCUT2D eigenvalue weighted by atomic mass is 10.1. The lowest BCUT2D eigenvalue weighted by Crippen LogP contribution is -2.47. The molecule has 0 radical (unpaired) electrons. The van der Waals surface area contributed by atoms with Gasteiger partial charge in [-0.25, -0.2) is 0 Å². The first-order chi connectivity index (χ1) is 11.0. The molecule has 0 fully saturated rings. The summed E-state index contributed by atoms with van der Waals surface area (Å²) in [4.78, 5) is 24.9. The van der Waals surface area contributed by atoms with Gasteiger partial charge in [-0.1, -0.05) is 19.9 Å². The van der Waals surface area contributed by atoms with Crippen molar-refractivity contribution in [2.75, 3.05) is 18.5 Å². The summed E-state index contributed by atoms with van der Waals surface area (Å²) in [6.07, 6.45) is -4.82. The summed E-state index contributed by atoms with van der Waals surface area (Å²) in [5.74, 6) is -1.51. The molecule has 10 heteroatoms. The van der Waals surface area contributed by atoms with Crippen LogP contribution in [0.2, 0.25) is 0 Å². The number of nitrogens with two attached hydrogens (primary N) is 1.